The van der Waals surface area contributed by atoms with Crippen LogP contribution >= 0.6 is 28.3 Å². The topological polar surface area (TPSA) is 73.6 Å². The molecule has 1 unspecified atom stereocenters. The number of ether oxygens (including phenoxy) is 2. The van der Waals surface area contributed by atoms with Gasteiger partial charge in [-0.3, -0.25) is 4.79 Å². The SMILES string of the molecule is CCCC(NCc1cc(Br)c(OCC(N)=O)c(OCC)c1)c1ccccc1.Cl. The van der Waals surface area contributed by atoms with Crippen LogP contribution in [0.3, 0.4) is 0 Å². The van der Waals surface area contributed by atoms with Crippen molar-refractivity contribution in [3.63, 3.8) is 0 Å². The summed E-state index contributed by atoms with van der Waals surface area (Å²) in [5.41, 5.74) is 7.52. The minimum Gasteiger partial charge on any atom is -0.490 e. The fraction of sp³-hybridized carbons (Fsp3) is 0.381. The van der Waals surface area contributed by atoms with E-state index in [9.17, 15) is 4.79 Å². The Bertz CT molecular complexity index is 744. The number of nitrogens with two attached hydrogens (primary N) is 1. The normalized spacial score (nSPS) is 11.4. The van der Waals surface area contributed by atoms with Gasteiger partial charge in [0.2, 0.25) is 0 Å². The van der Waals surface area contributed by atoms with Crippen LogP contribution in [0.2, 0.25) is 0 Å². The zero-order valence-corrected chi connectivity index (χ0v) is 18.6. The minimum absolute atomic E-state index is 0. The van der Waals surface area contributed by atoms with E-state index in [4.69, 9.17) is 15.2 Å². The van der Waals surface area contributed by atoms with Gasteiger partial charge in [0.25, 0.3) is 5.91 Å². The quantitative estimate of drug-likeness (QED) is 0.495. The van der Waals surface area contributed by atoms with Gasteiger partial charge in [-0.05, 0) is 52.5 Å². The first-order chi connectivity index (χ1) is 13.0. The summed E-state index contributed by atoms with van der Waals surface area (Å²) in [5, 5.41) is 3.63. The van der Waals surface area contributed by atoms with Crippen LogP contribution < -0.4 is 20.5 Å². The number of carbonyl (C=O) groups is 1. The number of nitrogens with one attached hydrogen (secondary N) is 1. The van der Waals surface area contributed by atoms with Crippen LogP contribution in [0.15, 0.2) is 46.9 Å². The average molecular weight is 472 g/mol. The molecular formula is C21H28BrClN2O3. The molecule has 5 nitrogen and oxygen atoms in total. The van der Waals surface area contributed by atoms with Crippen LogP contribution in [0.25, 0.3) is 0 Å². The van der Waals surface area contributed by atoms with Crippen molar-refractivity contribution in [3.8, 4) is 11.5 Å². The van der Waals surface area contributed by atoms with E-state index in [1.165, 1.54) is 5.56 Å². The Morgan fingerprint density at radius 1 is 1.18 bits per heavy atom. The second-order valence-corrected chi connectivity index (χ2v) is 7.08. The number of hydrogen-bond donors (Lipinski definition) is 2. The summed E-state index contributed by atoms with van der Waals surface area (Å²) in [5.74, 6) is 0.560. The fourth-order valence-corrected chi connectivity index (χ4v) is 3.48. The van der Waals surface area contributed by atoms with E-state index < -0.39 is 5.91 Å². The number of carbonyl (C=O) groups excluding carboxylic acids is 1. The summed E-state index contributed by atoms with van der Waals surface area (Å²) >= 11 is 3.52. The number of rotatable bonds is 11. The molecule has 0 radical (unpaired) electrons. The number of halogens is 2. The molecule has 0 fully saturated rings. The van der Waals surface area contributed by atoms with E-state index in [-0.39, 0.29) is 25.1 Å². The summed E-state index contributed by atoms with van der Waals surface area (Å²) in [6.07, 6.45) is 2.16. The highest BCUT2D eigenvalue weighted by Crippen LogP contribution is 2.37. The van der Waals surface area contributed by atoms with Gasteiger partial charge in [0.15, 0.2) is 18.1 Å². The summed E-state index contributed by atoms with van der Waals surface area (Å²) in [7, 11) is 0. The Kier molecular flexibility index (Phi) is 11.0. The molecule has 0 aliphatic carbocycles. The first-order valence-electron chi connectivity index (χ1n) is 9.19. The molecule has 2 rings (SSSR count). The first kappa shape index (κ1) is 24.3. The molecule has 28 heavy (non-hydrogen) atoms. The van der Waals surface area contributed by atoms with Crippen LogP contribution in [0.5, 0.6) is 11.5 Å². The summed E-state index contributed by atoms with van der Waals surface area (Å²) in [6, 6.07) is 14.7. The lowest BCUT2D eigenvalue weighted by atomic mass is 10.0. The monoisotopic (exact) mass is 470 g/mol. The molecule has 154 valence electrons. The highest BCUT2D eigenvalue weighted by molar-refractivity contribution is 9.10. The maximum atomic E-state index is 11.0. The Morgan fingerprint density at radius 3 is 2.50 bits per heavy atom. The molecule has 1 atom stereocenters. The number of benzene rings is 2. The molecule has 7 heteroatoms. The van der Waals surface area contributed by atoms with Crippen molar-refractivity contribution in [2.75, 3.05) is 13.2 Å². The molecule has 0 saturated heterocycles. The van der Waals surface area contributed by atoms with Gasteiger partial charge in [0, 0.05) is 12.6 Å². The van der Waals surface area contributed by atoms with Gasteiger partial charge in [-0.2, -0.15) is 0 Å². The lowest BCUT2D eigenvalue weighted by molar-refractivity contribution is -0.119. The number of amides is 1. The minimum atomic E-state index is -0.527. The van der Waals surface area contributed by atoms with Gasteiger partial charge in [-0.1, -0.05) is 43.7 Å². The van der Waals surface area contributed by atoms with E-state index in [2.05, 4.69) is 52.4 Å². The standard InChI is InChI=1S/C21H27BrN2O3.ClH/c1-3-8-18(16-9-6-5-7-10-16)24-13-15-11-17(22)21(27-14-20(23)25)19(12-15)26-4-2;/h5-7,9-12,18,24H,3-4,8,13-14H2,1-2H3,(H2,23,25);1H. The molecule has 1 amide bonds. The zero-order chi connectivity index (χ0) is 19.6. The molecule has 0 aliphatic rings. The van der Waals surface area contributed by atoms with Crippen molar-refractivity contribution in [2.24, 2.45) is 5.73 Å². The van der Waals surface area contributed by atoms with Crippen molar-refractivity contribution in [1.29, 1.82) is 0 Å². The molecule has 3 N–H and O–H groups in total. The van der Waals surface area contributed by atoms with E-state index in [0.29, 0.717) is 24.7 Å². The third-order valence-electron chi connectivity index (χ3n) is 4.06. The molecule has 0 heterocycles. The van der Waals surface area contributed by atoms with Gasteiger partial charge in [-0.15, -0.1) is 12.4 Å². The lowest BCUT2D eigenvalue weighted by Gasteiger charge is -2.20. The first-order valence-corrected chi connectivity index (χ1v) is 9.99. The van der Waals surface area contributed by atoms with Crippen molar-refractivity contribution in [1.82, 2.24) is 5.32 Å². The van der Waals surface area contributed by atoms with E-state index in [1.54, 1.807) is 0 Å². The Balaban J connectivity index is 0.00000392. The second kappa shape index (κ2) is 12.6. The largest absolute Gasteiger partial charge is 0.490 e. The molecule has 0 spiro atoms. The van der Waals surface area contributed by atoms with Crippen molar-refractivity contribution in [3.05, 3.63) is 58.1 Å². The van der Waals surface area contributed by atoms with E-state index in [0.717, 1.165) is 22.9 Å². The highest BCUT2D eigenvalue weighted by atomic mass is 79.9. The summed E-state index contributed by atoms with van der Waals surface area (Å²) in [6.45, 7) is 5.09. The molecule has 2 aromatic rings. The molecule has 0 saturated carbocycles. The highest BCUT2D eigenvalue weighted by Gasteiger charge is 2.15. The van der Waals surface area contributed by atoms with Gasteiger partial charge in [0.1, 0.15) is 0 Å². The molecule has 0 aromatic heterocycles. The maximum absolute atomic E-state index is 11.0. The third-order valence-corrected chi connectivity index (χ3v) is 4.65. The van der Waals surface area contributed by atoms with Crippen LogP contribution in [-0.2, 0) is 11.3 Å². The predicted molar refractivity (Wildman–Crippen MR) is 118 cm³/mol. The van der Waals surface area contributed by atoms with Gasteiger partial charge >= 0.3 is 0 Å². The smallest absolute Gasteiger partial charge is 0.255 e. The molecular weight excluding hydrogens is 444 g/mol. The summed E-state index contributed by atoms with van der Waals surface area (Å²) < 4.78 is 11.9. The molecule has 2 aromatic carbocycles. The summed E-state index contributed by atoms with van der Waals surface area (Å²) in [4.78, 5) is 11.0. The van der Waals surface area contributed by atoms with Crippen LogP contribution in [0.4, 0.5) is 0 Å². The Morgan fingerprint density at radius 2 is 1.89 bits per heavy atom. The second-order valence-electron chi connectivity index (χ2n) is 6.23. The Labute approximate surface area is 181 Å². The lowest BCUT2D eigenvalue weighted by Crippen LogP contribution is -2.21. The average Bonchev–Trinajstić information content (AvgIpc) is 2.65. The molecule has 0 bridgehead atoms. The number of primary amides is 1. The van der Waals surface area contributed by atoms with Gasteiger partial charge < -0.3 is 20.5 Å². The van der Waals surface area contributed by atoms with Crippen molar-refractivity contribution < 1.29 is 14.3 Å². The van der Waals surface area contributed by atoms with Crippen LogP contribution in [0, 0.1) is 0 Å². The zero-order valence-electron chi connectivity index (χ0n) is 16.2. The van der Waals surface area contributed by atoms with Gasteiger partial charge in [0.05, 0.1) is 11.1 Å². The van der Waals surface area contributed by atoms with Crippen molar-refractivity contribution in [2.45, 2.75) is 39.3 Å². The van der Waals surface area contributed by atoms with Gasteiger partial charge in [-0.25, -0.2) is 0 Å². The Hall–Kier alpha value is -1.76. The van der Waals surface area contributed by atoms with E-state index >= 15 is 0 Å². The maximum Gasteiger partial charge on any atom is 0.255 e. The van der Waals surface area contributed by atoms with Crippen LogP contribution in [0.1, 0.15) is 43.9 Å². The predicted octanol–water partition coefficient (Wildman–Crippen LogP) is 4.76. The third kappa shape index (κ3) is 7.34. The van der Waals surface area contributed by atoms with E-state index in [1.807, 2.05) is 25.1 Å². The fourth-order valence-electron chi connectivity index (χ4n) is 2.87. The van der Waals surface area contributed by atoms with Crippen molar-refractivity contribution >= 4 is 34.2 Å². The van der Waals surface area contributed by atoms with Crippen LogP contribution in [-0.4, -0.2) is 19.1 Å². The number of hydrogen-bond acceptors (Lipinski definition) is 4. The molecule has 0 aliphatic heterocycles.